The molecule has 0 aliphatic heterocycles. The Balaban J connectivity index is 2.31. The average molecular weight is 335 g/mol. The number of halogens is 3. The van der Waals surface area contributed by atoms with Gasteiger partial charge in [0.05, 0.1) is 5.69 Å². The predicted octanol–water partition coefficient (Wildman–Crippen LogP) is 3.63. The van der Waals surface area contributed by atoms with Crippen molar-refractivity contribution >= 4 is 44.1 Å². The molecule has 2 N–H and O–H groups in total. The second-order valence-corrected chi connectivity index (χ2v) is 4.92. The summed E-state index contributed by atoms with van der Waals surface area (Å²) in [6, 6.07) is 1.82. The van der Waals surface area contributed by atoms with Crippen molar-refractivity contribution in [3.05, 3.63) is 39.3 Å². The smallest absolute Gasteiger partial charge is 0.355 e. The van der Waals surface area contributed by atoms with Gasteiger partial charge in [-0.2, -0.15) is 0 Å². The third-order valence-corrected chi connectivity index (χ3v) is 3.35. The second kappa shape index (κ2) is 4.99. The highest BCUT2D eigenvalue weighted by Crippen LogP contribution is 2.30. The number of hydrogen-bond acceptors (Lipinski definition) is 4. The molecule has 0 unspecified atom stereocenters. The molecule has 0 radical (unpaired) electrons. The summed E-state index contributed by atoms with van der Waals surface area (Å²) in [5, 5.41) is 12.8. The van der Waals surface area contributed by atoms with Crippen LogP contribution in [0.25, 0.3) is 0 Å². The van der Waals surface area contributed by atoms with Gasteiger partial charge in [-0.25, -0.2) is 18.6 Å². The van der Waals surface area contributed by atoms with Gasteiger partial charge < -0.3 is 10.4 Å². The van der Waals surface area contributed by atoms with Crippen LogP contribution < -0.4 is 5.32 Å². The summed E-state index contributed by atoms with van der Waals surface area (Å²) < 4.78 is 26.5. The Morgan fingerprint density at radius 2 is 2.17 bits per heavy atom. The number of rotatable bonds is 3. The molecule has 0 fully saturated rings. The van der Waals surface area contributed by atoms with Crippen LogP contribution in [0.5, 0.6) is 0 Å². The van der Waals surface area contributed by atoms with E-state index in [1.807, 2.05) is 0 Å². The Labute approximate surface area is 112 Å². The number of hydrogen-bond donors (Lipinski definition) is 2. The molecule has 0 bridgehead atoms. The van der Waals surface area contributed by atoms with Gasteiger partial charge in [-0.3, -0.25) is 0 Å². The molecule has 18 heavy (non-hydrogen) atoms. The summed E-state index contributed by atoms with van der Waals surface area (Å²) in [5.41, 5.74) is -0.135. The molecule has 94 valence electrons. The Kier molecular flexibility index (Phi) is 3.58. The first kappa shape index (κ1) is 12.9. The largest absolute Gasteiger partial charge is 0.476 e. The first-order valence-corrected chi connectivity index (χ1v) is 6.25. The highest BCUT2D eigenvalue weighted by molar-refractivity contribution is 9.10. The maximum absolute atomic E-state index is 13.5. The number of aromatic carboxylic acids is 1. The molecular formula is C10H5BrF2N2O2S. The first-order chi connectivity index (χ1) is 8.47. The lowest BCUT2D eigenvalue weighted by molar-refractivity contribution is 0.0691. The number of nitrogens with one attached hydrogen (secondary N) is 1. The highest BCUT2D eigenvalue weighted by Gasteiger charge is 2.13. The standard InChI is InChI=1S/C10H5BrF2N2O2S/c11-5-1-4(12)2-6(13)8(5)15-10-14-7(3-18-10)9(16)17/h1-3H,(H,14,15)(H,16,17). The van der Waals surface area contributed by atoms with E-state index in [1.54, 1.807) is 0 Å². The van der Waals surface area contributed by atoms with Crippen LogP contribution in [-0.2, 0) is 0 Å². The monoisotopic (exact) mass is 334 g/mol. The van der Waals surface area contributed by atoms with E-state index in [0.29, 0.717) is 0 Å². The van der Waals surface area contributed by atoms with Crippen LogP contribution in [0.3, 0.4) is 0 Å². The summed E-state index contributed by atoms with van der Waals surface area (Å²) >= 11 is 4.02. The predicted molar refractivity (Wildman–Crippen MR) is 66.4 cm³/mol. The molecule has 0 atom stereocenters. The Bertz CT molecular complexity index is 595. The molecule has 0 saturated heterocycles. The summed E-state index contributed by atoms with van der Waals surface area (Å²) in [7, 11) is 0. The van der Waals surface area contributed by atoms with E-state index in [-0.39, 0.29) is 21.0 Å². The van der Waals surface area contributed by atoms with Crippen molar-refractivity contribution in [2.45, 2.75) is 0 Å². The van der Waals surface area contributed by atoms with E-state index in [2.05, 4.69) is 26.2 Å². The number of aromatic nitrogens is 1. The van der Waals surface area contributed by atoms with Crippen LogP contribution in [0.2, 0.25) is 0 Å². The number of carbonyl (C=O) groups is 1. The van der Waals surface area contributed by atoms with Gasteiger partial charge >= 0.3 is 5.97 Å². The number of carboxylic acids is 1. The van der Waals surface area contributed by atoms with Crippen molar-refractivity contribution in [3.63, 3.8) is 0 Å². The fourth-order valence-corrected chi connectivity index (χ4v) is 2.39. The van der Waals surface area contributed by atoms with E-state index in [4.69, 9.17) is 5.11 Å². The lowest BCUT2D eigenvalue weighted by Crippen LogP contribution is -1.99. The van der Waals surface area contributed by atoms with Crippen LogP contribution in [-0.4, -0.2) is 16.1 Å². The molecule has 4 nitrogen and oxygen atoms in total. The van der Waals surface area contributed by atoms with Gasteiger partial charge in [-0.15, -0.1) is 11.3 Å². The third kappa shape index (κ3) is 2.65. The van der Waals surface area contributed by atoms with Crippen molar-refractivity contribution in [1.82, 2.24) is 4.98 Å². The van der Waals surface area contributed by atoms with E-state index < -0.39 is 17.6 Å². The maximum atomic E-state index is 13.5. The van der Waals surface area contributed by atoms with Gasteiger partial charge in [0.1, 0.15) is 5.82 Å². The quantitative estimate of drug-likeness (QED) is 0.899. The molecule has 0 saturated carbocycles. The van der Waals surface area contributed by atoms with Crippen molar-refractivity contribution in [2.75, 3.05) is 5.32 Å². The number of carboxylic acid groups (broad SMARTS) is 1. The zero-order chi connectivity index (χ0) is 13.3. The third-order valence-electron chi connectivity index (χ3n) is 1.96. The van der Waals surface area contributed by atoms with Gasteiger partial charge in [-0.1, -0.05) is 0 Å². The Morgan fingerprint density at radius 3 is 2.72 bits per heavy atom. The van der Waals surface area contributed by atoms with Crippen molar-refractivity contribution in [1.29, 1.82) is 0 Å². The number of benzene rings is 1. The summed E-state index contributed by atoms with van der Waals surface area (Å²) in [5.74, 6) is -2.68. The lowest BCUT2D eigenvalue weighted by atomic mass is 10.3. The molecule has 0 aliphatic rings. The molecule has 1 aromatic heterocycles. The summed E-state index contributed by atoms with van der Waals surface area (Å²) in [6.07, 6.45) is 0. The minimum Gasteiger partial charge on any atom is -0.476 e. The van der Waals surface area contributed by atoms with Crippen molar-refractivity contribution < 1.29 is 18.7 Å². The zero-order valence-electron chi connectivity index (χ0n) is 8.58. The van der Waals surface area contributed by atoms with Crippen molar-refractivity contribution in [2.24, 2.45) is 0 Å². The molecule has 2 rings (SSSR count). The fraction of sp³-hybridized carbons (Fsp3) is 0. The van der Waals surface area contributed by atoms with Crippen molar-refractivity contribution in [3.8, 4) is 0 Å². The SMILES string of the molecule is O=C(O)c1csc(Nc2c(F)cc(F)cc2Br)n1. The minimum atomic E-state index is -1.17. The second-order valence-electron chi connectivity index (χ2n) is 3.21. The molecule has 1 heterocycles. The van der Waals surface area contributed by atoms with Gasteiger partial charge in [0.2, 0.25) is 0 Å². The number of nitrogens with zero attached hydrogens (tertiary/aromatic N) is 1. The van der Waals surface area contributed by atoms with E-state index in [9.17, 15) is 13.6 Å². The van der Waals surface area contributed by atoms with Crippen LogP contribution in [0.1, 0.15) is 10.5 Å². The van der Waals surface area contributed by atoms with Gasteiger partial charge in [0.25, 0.3) is 0 Å². The molecule has 8 heteroatoms. The number of anilines is 2. The molecular weight excluding hydrogens is 330 g/mol. The van der Waals surface area contributed by atoms with Crippen LogP contribution in [0.15, 0.2) is 22.0 Å². The van der Waals surface area contributed by atoms with E-state index >= 15 is 0 Å². The molecule has 2 aromatic rings. The normalized spacial score (nSPS) is 10.4. The number of thiazole rings is 1. The van der Waals surface area contributed by atoms with E-state index in [1.165, 1.54) is 5.38 Å². The fourth-order valence-electron chi connectivity index (χ4n) is 1.20. The van der Waals surface area contributed by atoms with Crippen LogP contribution >= 0.6 is 27.3 Å². The summed E-state index contributed by atoms with van der Waals surface area (Å²) in [6.45, 7) is 0. The topological polar surface area (TPSA) is 62.2 Å². The maximum Gasteiger partial charge on any atom is 0.355 e. The highest BCUT2D eigenvalue weighted by atomic mass is 79.9. The zero-order valence-corrected chi connectivity index (χ0v) is 11.0. The molecule has 1 aromatic carbocycles. The van der Waals surface area contributed by atoms with Crippen LogP contribution in [0, 0.1) is 11.6 Å². The molecule has 0 amide bonds. The Morgan fingerprint density at radius 1 is 1.44 bits per heavy atom. The van der Waals surface area contributed by atoms with Gasteiger partial charge in [-0.05, 0) is 22.0 Å². The lowest BCUT2D eigenvalue weighted by Gasteiger charge is -2.06. The summed E-state index contributed by atoms with van der Waals surface area (Å²) in [4.78, 5) is 14.4. The minimum absolute atomic E-state index is 0.00249. The molecule has 0 spiro atoms. The Hall–Kier alpha value is -1.54. The molecule has 0 aliphatic carbocycles. The van der Waals surface area contributed by atoms with Crippen LogP contribution in [0.4, 0.5) is 19.6 Å². The van der Waals surface area contributed by atoms with E-state index in [0.717, 1.165) is 23.5 Å². The van der Waals surface area contributed by atoms with Gasteiger partial charge in [0.15, 0.2) is 16.6 Å². The average Bonchev–Trinajstić information content (AvgIpc) is 2.71. The first-order valence-electron chi connectivity index (χ1n) is 4.58. The van der Waals surface area contributed by atoms with Gasteiger partial charge in [0, 0.05) is 15.9 Å².